The summed E-state index contributed by atoms with van der Waals surface area (Å²) >= 11 is 0. The number of alkyl halides is 1. The molecule has 3 heterocycles. The van der Waals surface area contributed by atoms with Crippen LogP contribution in [0.1, 0.15) is 12.8 Å². The summed E-state index contributed by atoms with van der Waals surface area (Å²) in [5.74, 6) is 0.810. The molecule has 4 aromatic rings. The van der Waals surface area contributed by atoms with Gasteiger partial charge in [0.2, 0.25) is 0 Å². The van der Waals surface area contributed by atoms with Crippen LogP contribution in [-0.2, 0) is 9.84 Å². The normalized spacial score (nSPS) is 17.9. The van der Waals surface area contributed by atoms with Crippen molar-refractivity contribution >= 4 is 15.5 Å². The Balaban J connectivity index is 1.21. The number of aromatic nitrogens is 3. The van der Waals surface area contributed by atoms with Crippen LogP contribution >= 0.6 is 0 Å². The summed E-state index contributed by atoms with van der Waals surface area (Å²) in [6.45, 7) is 1.81. The van der Waals surface area contributed by atoms with Gasteiger partial charge in [-0.1, -0.05) is 24.3 Å². The monoisotopic (exact) mass is 492 g/mol. The lowest BCUT2D eigenvalue weighted by Gasteiger charge is -2.37. The molecule has 2 aromatic heterocycles. The number of nitrogens with zero attached hydrogens (tertiary/aromatic N) is 4. The maximum atomic E-state index is 13.1. The summed E-state index contributed by atoms with van der Waals surface area (Å²) in [5, 5.41) is 4.44. The van der Waals surface area contributed by atoms with Gasteiger partial charge in [-0.25, -0.2) is 22.3 Å². The molecule has 1 saturated carbocycles. The molecule has 0 amide bonds. The van der Waals surface area contributed by atoms with E-state index in [1.165, 1.54) is 6.26 Å². The summed E-state index contributed by atoms with van der Waals surface area (Å²) in [6.07, 6.45) is 7.89. The van der Waals surface area contributed by atoms with Crippen molar-refractivity contribution in [3.05, 3.63) is 67.1 Å². The lowest BCUT2D eigenvalue weighted by Crippen LogP contribution is -2.52. The average Bonchev–Trinajstić information content (AvgIpc) is 3.44. The molecule has 2 aliphatic rings. The van der Waals surface area contributed by atoms with Crippen LogP contribution in [0, 0.1) is 0 Å². The van der Waals surface area contributed by atoms with E-state index in [0.717, 1.165) is 47.4 Å². The van der Waals surface area contributed by atoms with Crippen molar-refractivity contribution in [3.8, 4) is 28.0 Å². The number of hydrogen-bond acceptors (Lipinski definition) is 6. The van der Waals surface area contributed by atoms with Gasteiger partial charge in [-0.05, 0) is 48.2 Å². The Morgan fingerprint density at radius 3 is 2.51 bits per heavy atom. The molecule has 9 heteroatoms. The van der Waals surface area contributed by atoms with Crippen LogP contribution < -0.4 is 4.74 Å². The van der Waals surface area contributed by atoms with Crippen LogP contribution in [0.4, 0.5) is 4.39 Å². The fourth-order valence-corrected chi connectivity index (χ4v) is 5.23. The highest BCUT2D eigenvalue weighted by atomic mass is 32.2. The predicted molar refractivity (Wildman–Crippen MR) is 131 cm³/mol. The first-order valence-electron chi connectivity index (χ1n) is 11.6. The Hall–Kier alpha value is -3.30. The van der Waals surface area contributed by atoms with Crippen LogP contribution in [0.15, 0.2) is 72.0 Å². The van der Waals surface area contributed by atoms with E-state index >= 15 is 0 Å². The van der Waals surface area contributed by atoms with Crippen LogP contribution in [0.5, 0.6) is 5.75 Å². The maximum Gasteiger partial charge on any atom is 0.175 e. The van der Waals surface area contributed by atoms with Gasteiger partial charge in [0.15, 0.2) is 15.5 Å². The van der Waals surface area contributed by atoms with E-state index in [1.54, 1.807) is 35.1 Å². The molecule has 7 nitrogen and oxygen atoms in total. The summed E-state index contributed by atoms with van der Waals surface area (Å²) in [4.78, 5) is 6.99. The SMILES string of the molecule is CS(=O)(=O)c1cccc(-c2cnn3cc(-c4ccc(OC5(CN6CC(F)C6)CC5)cc4)cnc23)c1. The minimum Gasteiger partial charge on any atom is -0.486 e. The highest BCUT2D eigenvalue weighted by molar-refractivity contribution is 7.90. The van der Waals surface area contributed by atoms with Gasteiger partial charge in [-0.15, -0.1) is 0 Å². The molecule has 0 radical (unpaired) electrons. The molecule has 2 aromatic carbocycles. The van der Waals surface area contributed by atoms with E-state index in [1.807, 2.05) is 36.5 Å². The van der Waals surface area contributed by atoms with Gasteiger partial charge in [0.05, 0.1) is 11.1 Å². The van der Waals surface area contributed by atoms with Crippen molar-refractivity contribution < 1.29 is 17.5 Å². The topological polar surface area (TPSA) is 76.8 Å². The lowest BCUT2D eigenvalue weighted by atomic mass is 10.1. The number of benzene rings is 2. The van der Waals surface area contributed by atoms with Gasteiger partial charge in [0.25, 0.3) is 0 Å². The molecule has 35 heavy (non-hydrogen) atoms. The minimum atomic E-state index is -3.31. The Morgan fingerprint density at radius 2 is 1.83 bits per heavy atom. The number of likely N-dealkylation sites (tertiary alicyclic amines) is 1. The van der Waals surface area contributed by atoms with E-state index in [-0.39, 0.29) is 10.5 Å². The van der Waals surface area contributed by atoms with Crippen LogP contribution in [-0.4, -0.2) is 65.6 Å². The maximum absolute atomic E-state index is 13.1. The Bertz CT molecular complexity index is 1510. The van der Waals surface area contributed by atoms with Gasteiger partial charge in [-0.3, -0.25) is 4.90 Å². The molecule has 1 aliphatic carbocycles. The third kappa shape index (κ3) is 4.41. The van der Waals surface area contributed by atoms with Gasteiger partial charge >= 0.3 is 0 Å². The largest absolute Gasteiger partial charge is 0.486 e. The number of sulfone groups is 1. The van der Waals surface area contributed by atoms with E-state index in [2.05, 4.69) is 15.0 Å². The zero-order valence-corrected chi connectivity index (χ0v) is 20.1. The lowest BCUT2D eigenvalue weighted by molar-refractivity contribution is 0.0214. The first-order chi connectivity index (χ1) is 16.8. The number of fused-ring (bicyclic) bond motifs is 1. The molecule has 0 N–H and O–H groups in total. The van der Waals surface area contributed by atoms with Gasteiger partial charge in [0, 0.05) is 49.4 Å². The molecule has 6 rings (SSSR count). The molecule has 0 bridgehead atoms. The third-order valence-electron chi connectivity index (χ3n) is 6.68. The quantitative estimate of drug-likeness (QED) is 0.388. The van der Waals surface area contributed by atoms with Crippen LogP contribution in [0.25, 0.3) is 27.9 Å². The van der Waals surface area contributed by atoms with Crippen molar-refractivity contribution in [2.75, 3.05) is 25.9 Å². The van der Waals surface area contributed by atoms with Crippen molar-refractivity contribution in [1.29, 1.82) is 0 Å². The van der Waals surface area contributed by atoms with E-state index < -0.39 is 16.0 Å². The van der Waals surface area contributed by atoms with Crippen LogP contribution in [0.3, 0.4) is 0 Å². The Morgan fingerprint density at radius 1 is 1.06 bits per heavy atom. The fraction of sp³-hybridized carbons (Fsp3) is 0.308. The van der Waals surface area contributed by atoms with Crippen molar-refractivity contribution in [2.45, 2.75) is 29.5 Å². The number of hydrogen-bond donors (Lipinski definition) is 0. The van der Waals surface area contributed by atoms with Gasteiger partial charge in [-0.2, -0.15) is 5.10 Å². The predicted octanol–water partition coefficient (Wildman–Crippen LogP) is 4.03. The molecule has 0 unspecified atom stereocenters. The summed E-state index contributed by atoms with van der Waals surface area (Å²) < 4.78 is 45.0. The number of ether oxygens (including phenoxy) is 1. The standard InChI is InChI=1S/C26H25FN4O3S/c1-35(32,33)23-4-2-3-19(11-23)24-13-29-31-14-20(12-28-25(24)31)18-5-7-22(8-6-18)34-26(9-10-26)17-30-15-21(27)16-30/h2-8,11-14,21H,9-10,15-17H2,1H3. The second kappa shape index (κ2) is 8.13. The summed E-state index contributed by atoms with van der Waals surface area (Å²) in [6, 6.07) is 14.7. The third-order valence-corrected chi connectivity index (χ3v) is 7.79. The first-order valence-corrected chi connectivity index (χ1v) is 13.5. The smallest absolute Gasteiger partial charge is 0.175 e. The minimum absolute atomic E-state index is 0.179. The fourth-order valence-electron chi connectivity index (χ4n) is 4.56. The molecular formula is C26H25FN4O3S. The zero-order chi connectivity index (χ0) is 24.2. The zero-order valence-electron chi connectivity index (χ0n) is 19.3. The number of halogens is 1. The van der Waals surface area contributed by atoms with Crippen LogP contribution in [0.2, 0.25) is 0 Å². The Labute approximate surface area is 203 Å². The molecule has 2 fully saturated rings. The van der Waals surface area contributed by atoms with Crippen molar-refractivity contribution in [1.82, 2.24) is 19.5 Å². The molecule has 1 aliphatic heterocycles. The molecular weight excluding hydrogens is 467 g/mol. The van der Waals surface area contributed by atoms with Gasteiger partial charge < -0.3 is 4.74 Å². The van der Waals surface area contributed by atoms with E-state index in [0.29, 0.717) is 18.7 Å². The first kappa shape index (κ1) is 22.2. The molecule has 0 atom stereocenters. The molecule has 0 spiro atoms. The average molecular weight is 493 g/mol. The molecule has 180 valence electrons. The second-order valence-corrected chi connectivity index (χ2v) is 11.6. The van der Waals surface area contributed by atoms with E-state index in [4.69, 9.17) is 4.74 Å². The second-order valence-electron chi connectivity index (χ2n) is 9.57. The van der Waals surface area contributed by atoms with E-state index in [9.17, 15) is 12.8 Å². The van der Waals surface area contributed by atoms with Crippen molar-refractivity contribution in [2.24, 2.45) is 0 Å². The highest BCUT2D eigenvalue weighted by Crippen LogP contribution is 2.42. The number of rotatable bonds is 7. The van der Waals surface area contributed by atoms with Crippen molar-refractivity contribution in [3.63, 3.8) is 0 Å². The Kier molecular flexibility index (Phi) is 5.16. The highest BCUT2D eigenvalue weighted by Gasteiger charge is 2.48. The summed E-state index contributed by atoms with van der Waals surface area (Å²) in [5.41, 5.74) is 3.87. The summed E-state index contributed by atoms with van der Waals surface area (Å²) in [7, 11) is -3.31. The molecule has 1 saturated heterocycles. The van der Waals surface area contributed by atoms with Gasteiger partial charge in [0.1, 0.15) is 17.5 Å².